The number of nitrogens with one attached hydrogen (secondary N) is 1. The van der Waals surface area contributed by atoms with Crippen molar-refractivity contribution in [1.82, 2.24) is 15.2 Å². The van der Waals surface area contributed by atoms with Gasteiger partial charge in [0.15, 0.2) is 5.84 Å². The number of nitrogens with zero attached hydrogens (tertiary/aromatic N) is 4. The molecule has 0 radical (unpaired) electrons. The lowest BCUT2D eigenvalue weighted by Crippen LogP contribution is -2.67. The average molecular weight is 211 g/mol. The van der Waals surface area contributed by atoms with Gasteiger partial charge in [-0.3, -0.25) is 20.0 Å². The summed E-state index contributed by atoms with van der Waals surface area (Å²) < 4.78 is 0. The van der Waals surface area contributed by atoms with Gasteiger partial charge < -0.3 is 5.11 Å². The summed E-state index contributed by atoms with van der Waals surface area (Å²) >= 11 is 0. The first-order valence-corrected chi connectivity index (χ1v) is 4.14. The third kappa shape index (κ3) is 1.05. The summed E-state index contributed by atoms with van der Waals surface area (Å²) in [6.45, 7) is 0. The Balaban J connectivity index is 2.53. The molecule has 2 rings (SSSR count). The molecule has 3 amide bonds. The van der Waals surface area contributed by atoms with Crippen LogP contribution in [0.25, 0.3) is 0 Å². The monoisotopic (exact) mass is 211 g/mol. The van der Waals surface area contributed by atoms with Crippen LogP contribution in [0.4, 0.5) is 4.79 Å². The number of carbonyl (C=O) groups excluding carboxylic acids is 2. The first kappa shape index (κ1) is 9.59. The fraction of sp³-hybridized carbons (Fsp3) is 0.429. The molecule has 0 aliphatic carbocycles. The molecule has 2 heterocycles. The molecule has 0 aromatic carbocycles. The normalized spacial score (nSPS) is 29.9. The molecule has 80 valence electrons. The lowest BCUT2D eigenvalue weighted by molar-refractivity contribution is -0.142. The fourth-order valence-electron chi connectivity index (χ4n) is 1.44. The topological polar surface area (TPSA) is 97.6 Å². The lowest BCUT2D eigenvalue weighted by Gasteiger charge is -2.39. The van der Waals surface area contributed by atoms with Gasteiger partial charge in [-0.25, -0.2) is 9.79 Å². The maximum atomic E-state index is 11.6. The second kappa shape index (κ2) is 2.76. The van der Waals surface area contributed by atoms with E-state index in [1.165, 1.54) is 14.1 Å². The molecule has 2 N–H and O–H groups in total. The van der Waals surface area contributed by atoms with E-state index in [0.717, 1.165) is 16.1 Å². The van der Waals surface area contributed by atoms with Crippen LogP contribution in [0.3, 0.4) is 0 Å². The first-order chi connectivity index (χ1) is 6.98. The molecule has 0 aromatic heterocycles. The Morgan fingerprint density at radius 3 is 2.73 bits per heavy atom. The molecule has 8 heteroatoms. The van der Waals surface area contributed by atoms with Gasteiger partial charge in [0, 0.05) is 14.1 Å². The Kier molecular flexibility index (Phi) is 1.77. The van der Waals surface area contributed by atoms with Gasteiger partial charge in [0.05, 0.1) is 0 Å². The van der Waals surface area contributed by atoms with Crippen LogP contribution in [0.1, 0.15) is 0 Å². The Hall–Kier alpha value is -1.96. The highest BCUT2D eigenvalue weighted by molar-refractivity contribution is 6.23. The number of amides is 3. The zero-order valence-corrected chi connectivity index (χ0v) is 8.13. The van der Waals surface area contributed by atoms with Gasteiger partial charge in [0.25, 0.3) is 5.91 Å². The van der Waals surface area contributed by atoms with Crippen LogP contribution >= 0.6 is 0 Å². The molecule has 2 aliphatic heterocycles. The molecule has 8 nitrogen and oxygen atoms in total. The summed E-state index contributed by atoms with van der Waals surface area (Å²) in [5, 5.41) is 13.6. The standard InChI is InChI=1S/C7H9N5O3/c1-11-4-7(15,8-3-9-10-4)5(13)12(2)6(11)14/h3,15H,1-2H3,(H,8,9)/t7-/m1/s1. The van der Waals surface area contributed by atoms with E-state index < -0.39 is 17.7 Å². The van der Waals surface area contributed by atoms with Crippen LogP contribution in [-0.4, -0.2) is 58.8 Å². The van der Waals surface area contributed by atoms with E-state index >= 15 is 0 Å². The van der Waals surface area contributed by atoms with Gasteiger partial charge in [0.2, 0.25) is 0 Å². The van der Waals surface area contributed by atoms with Gasteiger partial charge in [-0.05, 0) is 0 Å². The highest BCUT2D eigenvalue weighted by Crippen LogP contribution is 2.22. The van der Waals surface area contributed by atoms with E-state index in [1.807, 2.05) is 0 Å². The minimum Gasteiger partial charge on any atom is -0.356 e. The number of likely N-dealkylation sites (N-methyl/N-ethyl adjacent to an activating group) is 2. The number of fused-ring (bicyclic) bond motifs is 1. The van der Waals surface area contributed by atoms with Crippen LogP contribution in [0.5, 0.6) is 0 Å². The van der Waals surface area contributed by atoms with Crippen molar-refractivity contribution in [1.29, 1.82) is 0 Å². The van der Waals surface area contributed by atoms with Crippen molar-refractivity contribution in [2.75, 3.05) is 14.1 Å². The Morgan fingerprint density at radius 1 is 1.40 bits per heavy atom. The zero-order chi connectivity index (χ0) is 11.2. The molecule has 0 spiro atoms. The van der Waals surface area contributed by atoms with Gasteiger partial charge in [0.1, 0.15) is 6.34 Å². The molecule has 0 saturated carbocycles. The molecule has 1 saturated heterocycles. The molecule has 2 aliphatic rings. The van der Waals surface area contributed by atoms with Gasteiger partial charge in [-0.2, -0.15) is 5.10 Å². The number of hydrogen-bond donors (Lipinski definition) is 2. The largest absolute Gasteiger partial charge is 0.356 e. The molecule has 0 bridgehead atoms. The number of urea groups is 1. The third-order valence-electron chi connectivity index (χ3n) is 2.29. The summed E-state index contributed by atoms with van der Waals surface area (Å²) in [6.07, 6.45) is 1.10. The highest BCUT2D eigenvalue weighted by atomic mass is 16.3. The van der Waals surface area contributed by atoms with Crippen molar-refractivity contribution < 1.29 is 14.7 Å². The van der Waals surface area contributed by atoms with E-state index in [0.29, 0.717) is 0 Å². The summed E-state index contributed by atoms with van der Waals surface area (Å²) in [5.41, 5.74) is 0.273. The third-order valence-corrected chi connectivity index (χ3v) is 2.29. The van der Waals surface area contributed by atoms with Crippen LogP contribution in [0, 0.1) is 0 Å². The SMILES string of the molecule is CN1C(=O)N(C)C2=NNC=N[C@]2(O)C1=O. The van der Waals surface area contributed by atoms with Crippen molar-refractivity contribution in [2.45, 2.75) is 5.72 Å². The Bertz CT molecular complexity index is 403. The fourth-order valence-corrected chi connectivity index (χ4v) is 1.44. The molecular formula is C7H9N5O3. The second-order valence-electron chi connectivity index (χ2n) is 3.20. The predicted molar refractivity (Wildman–Crippen MR) is 49.9 cm³/mol. The first-order valence-electron chi connectivity index (χ1n) is 4.14. The van der Waals surface area contributed by atoms with E-state index in [9.17, 15) is 14.7 Å². The molecule has 15 heavy (non-hydrogen) atoms. The van der Waals surface area contributed by atoms with Crippen molar-refractivity contribution >= 4 is 24.1 Å². The molecule has 0 aromatic rings. The number of hydrazone groups is 1. The number of imide groups is 1. The van der Waals surface area contributed by atoms with Crippen molar-refractivity contribution in [2.24, 2.45) is 10.1 Å². The summed E-state index contributed by atoms with van der Waals surface area (Å²) in [5.74, 6) is -0.944. The quantitative estimate of drug-likeness (QED) is 0.491. The summed E-state index contributed by atoms with van der Waals surface area (Å²) in [7, 11) is 2.67. The van der Waals surface area contributed by atoms with Gasteiger partial charge in [-0.15, -0.1) is 0 Å². The minimum atomic E-state index is -2.09. The van der Waals surface area contributed by atoms with E-state index in [4.69, 9.17) is 0 Å². The maximum absolute atomic E-state index is 11.6. The lowest BCUT2D eigenvalue weighted by atomic mass is 10.1. The number of rotatable bonds is 0. The number of aliphatic imine (C=N–C) groups is 1. The molecule has 1 atom stereocenters. The number of hydrogen-bond acceptors (Lipinski definition) is 6. The van der Waals surface area contributed by atoms with E-state index in [-0.39, 0.29) is 5.84 Å². The van der Waals surface area contributed by atoms with Crippen LogP contribution < -0.4 is 5.43 Å². The smallest absolute Gasteiger partial charge is 0.331 e. The number of aliphatic hydroxyl groups is 1. The van der Waals surface area contributed by atoms with Crippen molar-refractivity contribution in [3.05, 3.63) is 0 Å². The summed E-state index contributed by atoms with van der Waals surface area (Å²) in [6, 6.07) is -0.567. The second-order valence-corrected chi connectivity index (χ2v) is 3.20. The molecule has 1 fully saturated rings. The Morgan fingerprint density at radius 2 is 2.07 bits per heavy atom. The van der Waals surface area contributed by atoms with Crippen LogP contribution in [0.15, 0.2) is 10.1 Å². The predicted octanol–water partition coefficient (Wildman–Crippen LogP) is -1.86. The molecular weight excluding hydrogens is 202 g/mol. The van der Waals surface area contributed by atoms with Gasteiger partial charge in [-0.1, -0.05) is 0 Å². The number of amidine groups is 1. The van der Waals surface area contributed by atoms with E-state index in [2.05, 4.69) is 15.5 Å². The summed E-state index contributed by atoms with van der Waals surface area (Å²) in [4.78, 5) is 28.6. The highest BCUT2D eigenvalue weighted by Gasteiger charge is 2.54. The molecule has 0 unspecified atom stereocenters. The van der Waals surface area contributed by atoms with Crippen molar-refractivity contribution in [3.63, 3.8) is 0 Å². The van der Waals surface area contributed by atoms with E-state index in [1.54, 1.807) is 0 Å². The zero-order valence-electron chi connectivity index (χ0n) is 8.13. The van der Waals surface area contributed by atoms with Gasteiger partial charge >= 0.3 is 11.8 Å². The van der Waals surface area contributed by atoms with Crippen molar-refractivity contribution in [3.8, 4) is 0 Å². The van der Waals surface area contributed by atoms with Crippen LogP contribution in [-0.2, 0) is 4.79 Å². The average Bonchev–Trinajstić information content (AvgIpc) is 2.24. The maximum Gasteiger partial charge on any atom is 0.331 e. The minimum absolute atomic E-state index is 0.127. The Labute approximate surface area is 84.9 Å². The van der Waals surface area contributed by atoms with Crippen LogP contribution in [0.2, 0.25) is 0 Å². The number of carbonyl (C=O) groups is 2.